The van der Waals surface area contributed by atoms with Crippen molar-refractivity contribution in [2.75, 3.05) is 25.0 Å². The van der Waals surface area contributed by atoms with Gasteiger partial charge in [-0.2, -0.15) is 0 Å². The van der Waals surface area contributed by atoms with Gasteiger partial charge in [-0.3, -0.25) is 9.59 Å². The second-order valence-corrected chi connectivity index (χ2v) is 6.19. The molecule has 2 heterocycles. The summed E-state index contributed by atoms with van der Waals surface area (Å²) in [5.74, 6) is 1.03. The predicted octanol–water partition coefficient (Wildman–Crippen LogP) is 2.77. The van der Waals surface area contributed by atoms with Crippen molar-refractivity contribution in [3.8, 4) is 11.3 Å². The number of ketones is 1. The minimum Gasteiger partial charge on any atom is -0.370 e. The van der Waals surface area contributed by atoms with Crippen LogP contribution in [-0.4, -0.2) is 46.2 Å². The van der Waals surface area contributed by atoms with E-state index in [9.17, 15) is 9.59 Å². The van der Waals surface area contributed by atoms with Crippen molar-refractivity contribution in [3.05, 3.63) is 42.2 Å². The van der Waals surface area contributed by atoms with E-state index in [-0.39, 0.29) is 11.7 Å². The standard InChI is InChI=1S/C19H22N4O2/c1-14(24)15-5-2-6-16(11-15)17-12-18(22-13-21-17)20-8-4-10-23-9-3-7-19(23)25/h2,5-6,11-13H,3-4,7-10H2,1H3,(H,20,21,22). The van der Waals surface area contributed by atoms with Gasteiger partial charge < -0.3 is 10.2 Å². The highest BCUT2D eigenvalue weighted by Crippen LogP contribution is 2.20. The maximum absolute atomic E-state index is 11.6. The number of carbonyl (C=O) groups excluding carboxylic acids is 2. The van der Waals surface area contributed by atoms with Gasteiger partial charge in [0.15, 0.2) is 5.78 Å². The Hall–Kier alpha value is -2.76. The molecule has 0 saturated carbocycles. The van der Waals surface area contributed by atoms with Gasteiger partial charge >= 0.3 is 0 Å². The van der Waals surface area contributed by atoms with Gasteiger partial charge in [-0.25, -0.2) is 9.97 Å². The van der Waals surface area contributed by atoms with Gasteiger partial charge in [0.25, 0.3) is 0 Å². The maximum Gasteiger partial charge on any atom is 0.222 e. The second-order valence-electron chi connectivity index (χ2n) is 6.19. The molecule has 0 radical (unpaired) electrons. The zero-order valence-corrected chi connectivity index (χ0v) is 14.4. The molecule has 0 unspecified atom stereocenters. The third-order valence-electron chi connectivity index (χ3n) is 4.31. The smallest absolute Gasteiger partial charge is 0.222 e. The lowest BCUT2D eigenvalue weighted by Gasteiger charge is -2.15. The van der Waals surface area contributed by atoms with Crippen LogP contribution in [0.3, 0.4) is 0 Å². The number of Topliss-reactive ketones (excluding diaryl/α,β-unsaturated/α-hetero) is 1. The second kappa shape index (κ2) is 7.88. The summed E-state index contributed by atoms with van der Waals surface area (Å²) in [4.78, 5) is 33.6. The van der Waals surface area contributed by atoms with E-state index in [4.69, 9.17) is 0 Å². The van der Waals surface area contributed by atoms with E-state index in [0.29, 0.717) is 12.0 Å². The van der Waals surface area contributed by atoms with E-state index < -0.39 is 0 Å². The van der Waals surface area contributed by atoms with Gasteiger partial charge in [0.2, 0.25) is 5.91 Å². The predicted molar refractivity (Wildman–Crippen MR) is 96.4 cm³/mol. The van der Waals surface area contributed by atoms with E-state index in [1.165, 1.54) is 6.33 Å². The highest BCUT2D eigenvalue weighted by Gasteiger charge is 2.18. The summed E-state index contributed by atoms with van der Waals surface area (Å²) in [5, 5.41) is 3.27. The van der Waals surface area contributed by atoms with Gasteiger partial charge in [0.05, 0.1) is 5.69 Å². The fourth-order valence-electron chi connectivity index (χ4n) is 2.94. The summed E-state index contributed by atoms with van der Waals surface area (Å²) in [7, 11) is 0. The van der Waals surface area contributed by atoms with Gasteiger partial charge in [-0.15, -0.1) is 0 Å². The lowest BCUT2D eigenvalue weighted by molar-refractivity contribution is -0.127. The molecule has 0 atom stereocenters. The number of hydrogen-bond acceptors (Lipinski definition) is 5. The lowest BCUT2D eigenvalue weighted by Crippen LogP contribution is -2.27. The Morgan fingerprint density at radius 1 is 1.28 bits per heavy atom. The topological polar surface area (TPSA) is 75.2 Å². The molecule has 1 amide bonds. The Morgan fingerprint density at radius 2 is 2.16 bits per heavy atom. The van der Waals surface area contributed by atoms with Crippen LogP contribution in [0.1, 0.15) is 36.5 Å². The number of aromatic nitrogens is 2. The van der Waals surface area contributed by atoms with Gasteiger partial charge in [0.1, 0.15) is 12.1 Å². The minimum atomic E-state index is 0.0331. The third-order valence-corrected chi connectivity index (χ3v) is 4.31. The monoisotopic (exact) mass is 338 g/mol. The van der Waals surface area contributed by atoms with Crippen molar-refractivity contribution < 1.29 is 9.59 Å². The molecular weight excluding hydrogens is 316 g/mol. The summed E-state index contributed by atoms with van der Waals surface area (Å²) in [5.41, 5.74) is 2.33. The van der Waals surface area contributed by atoms with Crippen LogP contribution in [0.4, 0.5) is 5.82 Å². The molecule has 1 aliphatic heterocycles. The Morgan fingerprint density at radius 3 is 2.92 bits per heavy atom. The first-order valence-corrected chi connectivity index (χ1v) is 8.58. The summed E-state index contributed by atoms with van der Waals surface area (Å²) in [6.07, 6.45) is 4.05. The fraction of sp³-hybridized carbons (Fsp3) is 0.368. The van der Waals surface area contributed by atoms with Gasteiger partial charge in [0, 0.05) is 43.2 Å². The van der Waals surface area contributed by atoms with Crippen molar-refractivity contribution in [2.45, 2.75) is 26.2 Å². The van der Waals surface area contributed by atoms with Crippen molar-refractivity contribution in [1.29, 1.82) is 0 Å². The van der Waals surface area contributed by atoms with Crippen molar-refractivity contribution >= 4 is 17.5 Å². The Bertz CT molecular complexity index is 776. The molecule has 1 saturated heterocycles. The fourth-order valence-corrected chi connectivity index (χ4v) is 2.94. The zero-order valence-electron chi connectivity index (χ0n) is 14.4. The number of anilines is 1. The van der Waals surface area contributed by atoms with E-state index in [1.807, 2.05) is 29.2 Å². The molecule has 1 N–H and O–H groups in total. The van der Waals surface area contributed by atoms with Crippen molar-refractivity contribution in [1.82, 2.24) is 14.9 Å². The van der Waals surface area contributed by atoms with Crippen LogP contribution in [-0.2, 0) is 4.79 Å². The molecule has 3 rings (SSSR count). The van der Waals surface area contributed by atoms with Crippen LogP contribution in [0.15, 0.2) is 36.7 Å². The molecule has 25 heavy (non-hydrogen) atoms. The quantitative estimate of drug-likeness (QED) is 0.620. The van der Waals surface area contributed by atoms with E-state index >= 15 is 0 Å². The molecule has 1 aromatic carbocycles. The first-order chi connectivity index (χ1) is 12.1. The van der Waals surface area contributed by atoms with Crippen LogP contribution >= 0.6 is 0 Å². The van der Waals surface area contributed by atoms with Crippen LogP contribution in [0, 0.1) is 0 Å². The molecule has 0 spiro atoms. The molecule has 6 heteroatoms. The summed E-state index contributed by atoms with van der Waals surface area (Å²) < 4.78 is 0. The van der Waals surface area contributed by atoms with Crippen LogP contribution < -0.4 is 5.32 Å². The van der Waals surface area contributed by atoms with E-state index in [2.05, 4.69) is 15.3 Å². The highest BCUT2D eigenvalue weighted by molar-refractivity contribution is 5.95. The van der Waals surface area contributed by atoms with Crippen molar-refractivity contribution in [3.63, 3.8) is 0 Å². The number of likely N-dealkylation sites (tertiary alicyclic amines) is 1. The molecule has 1 aromatic heterocycles. The number of carbonyl (C=O) groups is 2. The largest absolute Gasteiger partial charge is 0.370 e. The SMILES string of the molecule is CC(=O)c1cccc(-c2cc(NCCCN3CCCC3=O)ncn2)c1. The number of benzene rings is 1. The molecule has 130 valence electrons. The normalized spacial score (nSPS) is 14.0. The molecule has 1 aliphatic rings. The van der Waals surface area contributed by atoms with Crippen LogP contribution in [0.5, 0.6) is 0 Å². The average molecular weight is 338 g/mol. The average Bonchev–Trinajstić information content (AvgIpc) is 3.04. The molecule has 6 nitrogen and oxygen atoms in total. The first-order valence-electron chi connectivity index (χ1n) is 8.58. The van der Waals surface area contributed by atoms with Crippen molar-refractivity contribution in [2.24, 2.45) is 0 Å². The summed E-state index contributed by atoms with van der Waals surface area (Å²) in [6, 6.07) is 9.30. The maximum atomic E-state index is 11.6. The Kier molecular flexibility index (Phi) is 5.38. The molecule has 0 aliphatic carbocycles. The van der Waals surface area contributed by atoms with Gasteiger partial charge in [-0.1, -0.05) is 18.2 Å². The molecule has 2 aromatic rings. The number of rotatable bonds is 7. The van der Waals surface area contributed by atoms with Crippen LogP contribution in [0.25, 0.3) is 11.3 Å². The number of nitrogens with one attached hydrogen (secondary N) is 1. The third kappa shape index (κ3) is 4.41. The number of nitrogens with zero attached hydrogens (tertiary/aromatic N) is 3. The number of hydrogen-bond donors (Lipinski definition) is 1. The summed E-state index contributed by atoms with van der Waals surface area (Å²) in [6.45, 7) is 3.96. The Labute approximate surface area is 147 Å². The molecular formula is C19H22N4O2. The Balaban J connectivity index is 1.59. The first kappa shape index (κ1) is 17.1. The highest BCUT2D eigenvalue weighted by atomic mass is 16.2. The zero-order chi connectivity index (χ0) is 17.6. The summed E-state index contributed by atoms with van der Waals surface area (Å²) >= 11 is 0. The van der Waals surface area contributed by atoms with Gasteiger partial charge in [-0.05, 0) is 25.8 Å². The van der Waals surface area contributed by atoms with E-state index in [1.54, 1.807) is 13.0 Å². The molecule has 0 bridgehead atoms. The van der Waals surface area contributed by atoms with Crippen LogP contribution in [0.2, 0.25) is 0 Å². The minimum absolute atomic E-state index is 0.0331. The number of amides is 1. The van der Waals surface area contributed by atoms with E-state index in [0.717, 1.165) is 49.6 Å². The lowest BCUT2D eigenvalue weighted by atomic mass is 10.1. The molecule has 1 fully saturated rings.